The molecular weight excluding hydrogens is 262 g/mol. The summed E-state index contributed by atoms with van der Waals surface area (Å²) in [5.74, 6) is 1.13. The smallest absolute Gasteiger partial charge is 0.198 e. The Balaban J connectivity index is 1.68. The van der Waals surface area contributed by atoms with Crippen molar-refractivity contribution >= 4 is 16.8 Å². The Bertz CT molecular complexity index is 599. The standard InChI is InChI=1S/C17H25N3O/c1-11(2)17-20-15-10-14(6-7-16(15)21-17)19-12(3)9-13-5-4-8-18-13/h6-7,10-13,18-19H,4-5,8-9H2,1-3H3. The summed E-state index contributed by atoms with van der Waals surface area (Å²) in [5, 5.41) is 7.13. The highest BCUT2D eigenvalue weighted by atomic mass is 16.3. The van der Waals surface area contributed by atoms with Gasteiger partial charge in [-0.15, -0.1) is 0 Å². The molecule has 0 bridgehead atoms. The third kappa shape index (κ3) is 3.38. The summed E-state index contributed by atoms with van der Waals surface area (Å²) in [5.41, 5.74) is 2.93. The Morgan fingerprint density at radius 2 is 2.24 bits per heavy atom. The molecule has 4 heteroatoms. The monoisotopic (exact) mass is 287 g/mol. The molecule has 3 rings (SSSR count). The quantitative estimate of drug-likeness (QED) is 0.876. The maximum atomic E-state index is 5.75. The summed E-state index contributed by atoms with van der Waals surface area (Å²) in [6.07, 6.45) is 3.76. The molecule has 2 aromatic rings. The molecule has 1 aliphatic rings. The van der Waals surface area contributed by atoms with Gasteiger partial charge in [-0.25, -0.2) is 4.98 Å². The van der Waals surface area contributed by atoms with E-state index in [0.29, 0.717) is 18.0 Å². The minimum Gasteiger partial charge on any atom is -0.440 e. The van der Waals surface area contributed by atoms with Gasteiger partial charge in [-0.05, 0) is 50.9 Å². The van der Waals surface area contributed by atoms with Crippen molar-refractivity contribution in [3.05, 3.63) is 24.1 Å². The van der Waals surface area contributed by atoms with Crippen molar-refractivity contribution in [1.29, 1.82) is 0 Å². The topological polar surface area (TPSA) is 50.1 Å². The van der Waals surface area contributed by atoms with E-state index in [-0.39, 0.29) is 0 Å². The molecule has 0 saturated carbocycles. The first-order valence-corrected chi connectivity index (χ1v) is 8.02. The van der Waals surface area contributed by atoms with Crippen molar-refractivity contribution in [2.24, 2.45) is 0 Å². The number of hydrogen-bond donors (Lipinski definition) is 2. The number of nitrogens with one attached hydrogen (secondary N) is 2. The van der Waals surface area contributed by atoms with Gasteiger partial charge in [-0.2, -0.15) is 0 Å². The zero-order chi connectivity index (χ0) is 14.8. The van der Waals surface area contributed by atoms with E-state index in [4.69, 9.17) is 4.42 Å². The molecule has 1 fully saturated rings. The normalized spacial score (nSPS) is 20.3. The minimum absolute atomic E-state index is 0.321. The first kappa shape index (κ1) is 14.4. The molecule has 4 nitrogen and oxygen atoms in total. The van der Waals surface area contributed by atoms with Gasteiger partial charge in [0, 0.05) is 23.7 Å². The lowest BCUT2D eigenvalue weighted by Gasteiger charge is -2.19. The van der Waals surface area contributed by atoms with E-state index in [1.54, 1.807) is 0 Å². The van der Waals surface area contributed by atoms with Crippen LogP contribution in [0.2, 0.25) is 0 Å². The van der Waals surface area contributed by atoms with Crippen LogP contribution in [-0.2, 0) is 0 Å². The molecule has 1 saturated heterocycles. The summed E-state index contributed by atoms with van der Waals surface area (Å²) >= 11 is 0. The van der Waals surface area contributed by atoms with Crippen molar-refractivity contribution in [2.75, 3.05) is 11.9 Å². The summed E-state index contributed by atoms with van der Waals surface area (Å²) in [6.45, 7) is 7.61. The number of anilines is 1. The Kier molecular flexibility index (Phi) is 4.15. The summed E-state index contributed by atoms with van der Waals surface area (Å²) in [6, 6.07) is 7.29. The number of rotatable bonds is 5. The average Bonchev–Trinajstić information content (AvgIpc) is 3.06. The van der Waals surface area contributed by atoms with Crippen LogP contribution in [0.5, 0.6) is 0 Å². The van der Waals surface area contributed by atoms with Gasteiger partial charge in [0.15, 0.2) is 11.5 Å². The second kappa shape index (κ2) is 6.06. The number of oxazole rings is 1. The van der Waals surface area contributed by atoms with Crippen molar-refractivity contribution in [2.45, 2.75) is 58.0 Å². The molecule has 0 radical (unpaired) electrons. The second-order valence-electron chi connectivity index (χ2n) is 6.46. The fourth-order valence-electron chi connectivity index (χ4n) is 3.01. The molecule has 21 heavy (non-hydrogen) atoms. The molecule has 0 amide bonds. The van der Waals surface area contributed by atoms with E-state index in [9.17, 15) is 0 Å². The van der Waals surface area contributed by atoms with Crippen LogP contribution in [0.25, 0.3) is 11.1 Å². The van der Waals surface area contributed by atoms with Gasteiger partial charge in [0.05, 0.1) is 0 Å². The van der Waals surface area contributed by atoms with Gasteiger partial charge in [-0.3, -0.25) is 0 Å². The SMILES string of the molecule is CC(CC1CCCN1)Nc1ccc2oc(C(C)C)nc2c1. The number of aromatic nitrogens is 1. The Hall–Kier alpha value is -1.55. The van der Waals surface area contributed by atoms with Crippen LogP contribution in [0.3, 0.4) is 0 Å². The summed E-state index contributed by atoms with van der Waals surface area (Å²) in [4.78, 5) is 4.56. The predicted molar refractivity (Wildman–Crippen MR) is 86.8 cm³/mol. The molecule has 114 valence electrons. The number of hydrogen-bond acceptors (Lipinski definition) is 4. The molecule has 2 N–H and O–H groups in total. The Morgan fingerprint density at radius 1 is 1.38 bits per heavy atom. The largest absolute Gasteiger partial charge is 0.440 e. The van der Waals surface area contributed by atoms with Crippen molar-refractivity contribution in [1.82, 2.24) is 10.3 Å². The van der Waals surface area contributed by atoms with E-state index in [1.807, 2.05) is 6.07 Å². The molecule has 1 aromatic carbocycles. The van der Waals surface area contributed by atoms with Crippen LogP contribution in [0.1, 0.15) is 51.8 Å². The third-order valence-corrected chi connectivity index (χ3v) is 4.11. The highest BCUT2D eigenvalue weighted by Gasteiger charge is 2.17. The van der Waals surface area contributed by atoms with Crippen molar-refractivity contribution < 1.29 is 4.42 Å². The first-order chi connectivity index (χ1) is 10.1. The Labute approximate surface area is 126 Å². The number of nitrogens with zero attached hydrogens (tertiary/aromatic N) is 1. The second-order valence-corrected chi connectivity index (χ2v) is 6.46. The molecule has 0 spiro atoms. The van der Waals surface area contributed by atoms with Gasteiger partial charge < -0.3 is 15.1 Å². The van der Waals surface area contributed by atoms with E-state index in [1.165, 1.54) is 19.4 Å². The van der Waals surface area contributed by atoms with E-state index < -0.39 is 0 Å². The molecular formula is C17H25N3O. The lowest BCUT2D eigenvalue weighted by molar-refractivity contribution is 0.501. The van der Waals surface area contributed by atoms with E-state index in [2.05, 4.69) is 48.5 Å². The van der Waals surface area contributed by atoms with Gasteiger partial charge >= 0.3 is 0 Å². The van der Waals surface area contributed by atoms with E-state index in [0.717, 1.165) is 29.1 Å². The number of benzene rings is 1. The highest BCUT2D eigenvalue weighted by Crippen LogP contribution is 2.24. The number of fused-ring (bicyclic) bond motifs is 1. The Morgan fingerprint density at radius 3 is 2.95 bits per heavy atom. The summed E-state index contributed by atoms with van der Waals surface area (Å²) < 4.78 is 5.75. The fraction of sp³-hybridized carbons (Fsp3) is 0.588. The molecule has 0 aliphatic carbocycles. The van der Waals surface area contributed by atoms with Crippen molar-refractivity contribution in [3.63, 3.8) is 0 Å². The van der Waals surface area contributed by atoms with Gasteiger partial charge in [0.2, 0.25) is 0 Å². The van der Waals surface area contributed by atoms with Gasteiger partial charge in [0.25, 0.3) is 0 Å². The summed E-state index contributed by atoms with van der Waals surface area (Å²) in [7, 11) is 0. The van der Waals surface area contributed by atoms with Gasteiger partial charge in [-0.1, -0.05) is 13.8 Å². The predicted octanol–water partition coefficient (Wildman–Crippen LogP) is 3.89. The van der Waals surface area contributed by atoms with Crippen LogP contribution in [-0.4, -0.2) is 23.6 Å². The van der Waals surface area contributed by atoms with Crippen LogP contribution in [0, 0.1) is 0 Å². The molecule has 1 aliphatic heterocycles. The van der Waals surface area contributed by atoms with E-state index >= 15 is 0 Å². The fourth-order valence-corrected chi connectivity index (χ4v) is 3.01. The van der Waals surface area contributed by atoms with Crippen LogP contribution < -0.4 is 10.6 Å². The average molecular weight is 287 g/mol. The molecule has 2 atom stereocenters. The first-order valence-electron chi connectivity index (χ1n) is 8.02. The maximum absolute atomic E-state index is 5.75. The third-order valence-electron chi connectivity index (χ3n) is 4.11. The molecule has 2 heterocycles. The lowest BCUT2D eigenvalue weighted by Crippen LogP contribution is -2.29. The zero-order valence-corrected chi connectivity index (χ0v) is 13.1. The van der Waals surface area contributed by atoms with Crippen LogP contribution in [0.4, 0.5) is 5.69 Å². The zero-order valence-electron chi connectivity index (χ0n) is 13.1. The van der Waals surface area contributed by atoms with Gasteiger partial charge in [0.1, 0.15) is 5.52 Å². The molecule has 2 unspecified atom stereocenters. The highest BCUT2D eigenvalue weighted by molar-refractivity contribution is 5.77. The van der Waals surface area contributed by atoms with Crippen molar-refractivity contribution in [3.8, 4) is 0 Å². The molecule has 1 aromatic heterocycles. The van der Waals surface area contributed by atoms with Crippen LogP contribution in [0.15, 0.2) is 22.6 Å². The lowest BCUT2D eigenvalue weighted by atomic mass is 10.1. The van der Waals surface area contributed by atoms with Crippen LogP contribution >= 0.6 is 0 Å². The minimum atomic E-state index is 0.321. The maximum Gasteiger partial charge on any atom is 0.198 e.